The van der Waals surface area contributed by atoms with Gasteiger partial charge in [0.15, 0.2) is 0 Å². The van der Waals surface area contributed by atoms with E-state index in [0.29, 0.717) is 22.0 Å². The zero-order valence-corrected chi connectivity index (χ0v) is 15.8. The van der Waals surface area contributed by atoms with Crippen LogP contribution in [0.5, 0.6) is 0 Å². The van der Waals surface area contributed by atoms with Crippen molar-refractivity contribution in [3.63, 3.8) is 0 Å². The van der Waals surface area contributed by atoms with Crippen molar-refractivity contribution < 1.29 is 8.78 Å². The molecular formula is C20H24ClF2N3. The minimum absolute atomic E-state index is 0.0310. The smallest absolute Gasteiger partial charge is 0.254 e. The zero-order valence-electron chi connectivity index (χ0n) is 15.0. The van der Waals surface area contributed by atoms with Crippen LogP contribution in [-0.2, 0) is 0 Å². The number of hydrogen-bond acceptors (Lipinski definition) is 3. The summed E-state index contributed by atoms with van der Waals surface area (Å²) in [5, 5.41) is 6.58. The van der Waals surface area contributed by atoms with Gasteiger partial charge >= 0.3 is 0 Å². The number of allylic oxidation sites excluding steroid dienone is 4. The molecule has 2 rings (SSSR count). The predicted octanol–water partition coefficient (Wildman–Crippen LogP) is 5.34. The van der Waals surface area contributed by atoms with Gasteiger partial charge in [0.1, 0.15) is 0 Å². The Morgan fingerprint density at radius 2 is 2.04 bits per heavy atom. The third-order valence-corrected chi connectivity index (χ3v) is 4.63. The van der Waals surface area contributed by atoms with E-state index in [2.05, 4.69) is 22.2 Å². The fraction of sp³-hybridized carbons (Fsp3) is 0.350. The molecule has 1 aromatic carbocycles. The van der Waals surface area contributed by atoms with Crippen LogP contribution in [0.1, 0.15) is 20.3 Å². The van der Waals surface area contributed by atoms with E-state index in [9.17, 15) is 8.78 Å². The molecule has 2 N–H and O–H groups in total. The van der Waals surface area contributed by atoms with Crippen molar-refractivity contribution in [3.05, 3.63) is 65.0 Å². The molecule has 6 heteroatoms. The Morgan fingerprint density at radius 1 is 1.35 bits per heavy atom. The van der Waals surface area contributed by atoms with E-state index in [-0.39, 0.29) is 19.5 Å². The lowest BCUT2D eigenvalue weighted by molar-refractivity contribution is -0.0539. The Kier molecular flexibility index (Phi) is 6.98. The standard InChI is InChI=1S/C20H24ClF2N3/c1-14-12-24-13-17(15(2)26-18-7-5-4-6-8-18)11-19(21)16(3)25-10-9-20(14,22)23/h4-8,11,13-14,25-26H,2,9-10,12H2,1,3H3/b17-11+,19-16+,24-13?. The number of rotatable bonds is 3. The van der Waals surface area contributed by atoms with Crippen LogP contribution in [0.15, 0.2) is 70.0 Å². The van der Waals surface area contributed by atoms with Gasteiger partial charge in [-0.15, -0.1) is 0 Å². The summed E-state index contributed by atoms with van der Waals surface area (Å²) in [5.41, 5.74) is 2.72. The first kappa shape index (κ1) is 20.2. The number of hydrogen-bond donors (Lipinski definition) is 2. The van der Waals surface area contributed by atoms with Crippen LogP contribution in [0.3, 0.4) is 0 Å². The lowest BCUT2D eigenvalue weighted by atomic mass is 10.0. The van der Waals surface area contributed by atoms with Gasteiger partial charge in [0.05, 0.1) is 5.03 Å². The Labute approximate surface area is 158 Å². The molecule has 0 fully saturated rings. The highest BCUT2D eigenvalue weighted by molar-refractivity contribution is 6.31. The molecule has 0 amide bonds. The van der Waals surface area contributed by atoms with E-state index in [0.717, 1.165) is 5.69 Å². The molecule has 0 bridgehead atoms. The van der Waals surface area contributed by atoms with Gasteiger partial charge in [-0.2, -0.15) is 0 Å². The topological polar surface area (TPSA) is 36.4 Å². The van der Waals surface area contributed by atoms with Crippen molar-refractivity contribution in [2.75, 3.05) is 18.4 Å². The molecule has 140 valence electrons. The maximum Gasteiger partial charge on any atom is 0.254 e. The van der Waals surface area contributed by atoms with Gasteiger partial charge in [-0.05, 0) is 25.1 Å². The van der Waals surface area contributed by atoms with E-state index >= 15 is 0 Å². The van der Waals surface area contributed by atoms with Crippen LogP contribution in [0.2, 0.25) is 0 Å². The summed E-state index contributed by atoms with van der Waals surface area (Å²) in [4.78, 5) is 4.21. The lowest BCUT2D eigenvalue weighted by Gasteiger charge is -2.23. The molecule has 1 unspecified atom stereocenters. The molecular weight excluding hydrogens is 356 g/mol. The maximum atomic E-state index is 14.1. The van der Waals surface area contributed by atoms with Crippen molar-refractivity contribution in [2.24, 2.45) is 10.9 Å². The molecule has 1 aromatic rings. The Bertz CT molecular complexity index is 724. The molecule has 0 saturated carbocycles. The van der Waals surface area contributed by atoms with Crippen LogP contribution in [0, 0.1) is 5.92 Å². The lowest BCUT2D eigenvalue weighted by Crippen LogP contribution is -2.32. The fourth-order valence-corrected chi connectivity index (χ4v) is 2.59. The minimum Gasteiger partial charge on any atom is -0.387 e. The highest BCUT2D eigenvalue weighted by Crippen LogP contribution is 2.29. The van der Waals surface area contributed by atoms with Gasteiger partial charge in [0, 0.05) is 54.3 Å². The second-order valence-electron chi connectivity index (χ2n) is 6.38. The number of aliphatic imine (C=N–C) groups is 1. The van der Waals surface area contributed by atoms with Crippen molar-refractivity contribution in [1.29, 1.82) is 0 Å². The zero-order chi connectivity index (χ0) is 19.2. The molecule has 3 nitrogen and oxygen atoms in total. The third kappa shape index (κ3) is 5.70. The Hall–Kier alpha value is -2.14. The van der Waals surface area contributed by atoms with Crippen molar-refractivity contribution in [1.82, 2.24) is 5.32 Å². The van der Waals surface area contributed by atoms with Gasteiger partial charge < -0.3 is 10.6 Å². The number of alkyl halides is 2. The minimum atomic E-state index is -2.79. The first-order chi connectivity index (χ1) is 12.3. The summed E-state index contributed by atoms with van der Waals surface area (Å²) in [6.45, 7) is 7.48. The average molecular weight is 380 g/mol. The van der Waals surface area contributed by atoms with E-state index in [4.69, 9.17) is 11.6 Å². The number of nitrogens with zero attached hydrogens (tertiary/aromatic N) is 1. The number of halogens is 3. The number of anilines is 1. The highest BCUT2D eigenvalue weighted by atomic mass is 35.5. The van der Waals surface area contributed by atoms with E-state index < -0.39 is 11.8 Å². The summed E-state index contributed by atoms with van der Waals surface area (Å²) in [5.74, 6) is -3.64. The molecule has 0 aliphatic carbocycles. The van der Waals surface area contributed by atoms with Gasteiger partial charge in [0.2, 0.25) is 0 Å². The molecule has 1 aliphatic heterocycles. The van der Waals surface area contributed by atoms with Crippen LogP contribution < -0.4 is 10.6 Å². The first-order valence-corrected chi connectivity index (χ1v) is 8.88. The van der Waals surface area contributed by atoms with Crippen molar-refractivity contribution in [2.45, 2.75) is 26.2 Å². The summed E-state index contributed by atoms with van der Waals surface area (Å²) in [6.07, 6.45) is 3.02. The quantitative estimate of drug-likeness (QED) is 0.743. The fourth-order valence-electron chi connectivity index (χ4n) is 2.41. The van der Waals surface area contributed by atoms with Crippen LogP contribution in [-0.4, -0.2) is 25.2 Å². The normalized spacial score (nSPS) is 25.9. The van der Waals surface area contributed by atoms with Crippen molar-refractivity contribution >= 4 is 23.5 Å². The Morgan fingerprint density at radius 3 is 2.73 bits per heavy atom. The van der Waals surface area contributed by atoms with Gasteiger partial charge in [-0.1, -0.05) is 43.3 Å². The van der Waals surface area contributed by atoms with Gasteiger partial charge in [-0.25, -0.2) is 8.78 Å². The van der Waals surface area contributed by atoms with Crippen LogP contribution in [0.4, 0.5) is 14.5 Å². The van der Waals surface area contributed by atoms with E-state index in [1.165, 1.54) is 6.92 Å². The van der Waals surface area contributed by atoms with Crippen LogP contribution in [0.25, 0.3) is 0 Å². The van der Waals surface area contributed by atoms with E-state index in [1.807, 2.05) is 30.3 Å². The number of nitrogens with one attached hydrogen (secondary N) is 2. The number of para-hydroxylation sites is 1. The summed E-state index contributed by atoms with van der Waals surface area (Å²) in [6, 6.07) is 9.55. The Balaban J connectivity index is 2.29. The third-order valence-electron chi connectivity index (χ3n) is 4.24. The van der Waals surface area contributed by atoms with Crippen molar-refractivity contribution in [3.8, 4) is 0 Å². The van der Waals surface area contributed by atoms with Crippen LogP contribution >= 0.6 is 11.6 Å². The largest absolute Gasteiger partial charge is 0.387 e. The maximum absolute atomic E-state index is 14.1. The predicted molar refractivity (Wildman–Crippen MR) is 106 cm³/mol. The highest BCUT2D eigenvalue weighted by Gasteiger charge is 2.35. The van der Waals surface area contributed by atoms with Gasteiger partial charge in [0.25, 0.3) is 5.92 Å². The summed E-state index contributed by atoms with van der Waals surface area (Å²) in [7, 11) is 0. The monoisotopic (exact) mass is 379 g/mol. The molecule has 26 heavy (non-hydrogen) atoms. The summed E-state index contributed by atoms with van der Waals surface area (Å²) < 4.78 is 28.3. The SMILES string of the molecule is C=C(Nc1ccccc1)/C1=C/C(Cl)=C(/C)NCCC(F)(F)C(C)CN=C1. The molecule has 1 heterocycles. The summed E-state index contributed by atoms with van der Waals surface area (Å²) >= 11 is 6.33. The molecule has 0 radical (unpaired) electrons. The molecule has 0 spiro atoms. The second kappa shape index (κ2) is 8.99. The second-order valence-corrected chi connectivity index (χ2v) is 6.78. The average Bonchev–Trinajstić information content (AvgIpc) is 2.60. The molecule has 0 aromatic heterocycles. The van der Waals surface area contributed by atoms with Gasteiger partial charge in [-0.3, -0.25) is 4.99 Å². The van der Waals surface area contributed by atoms with E-state index in [1.54, 1.807) is 19.2 Å². The first-order valence-electron chi connectivity index (χ1n) is 8.50. The molecule has 0 saturated heterocycles. The molecule has 1 atom stereocenters. The number of benzene rings is 1. The molecule has 1 aliphatic rings.